The molecule has 1 aliphatic heterocycles. The zero-order valence-corrected chi connectivity index (χ0v) is 11.7. The van der Waals surface area contributed by atoms with Crippen LogP contribution in [0.5, 0.6) is 0 Å². The molecule has 0 fully saturated rings. The first kappa shape index (κ1) is 13.9. The summed E-state index contributed by atoms with van der Waals surface area (Å²) in [7, 11) is 1.74. The lowest BCUT2D eigenvalue weighted by atomic mass is 10.1. The lowest BCUT2D eigenvalue weighted by molar-refractivity contribution is -0.137. The van der Waals surface area contributed by atoms with Crippen LogP contribution in [0.1, 0.15) is 18.4 Å². The van der Waals surface area contributed by atoms with Crippen LogP contribution in [0.15, 0.2) is 29.2 Å². The maximum absolute atomic E-state index is 12.2. The molecule has 0 radical (unpaired) electrons. The third-order valence-corrected chi connectivity index (χ3v) is 4.49. The number of carboxylic acids is 1. The van der Waals surface area contributed by atoms with E-state index in [1.165, 1.54) is 10.5 Å². The molecule has 1 unspecified atom stereocenters. The maximum atomic E-state index is 12.2. The van der Waals surface area contributed by atoms with Crippen molar-refractivity contribution in [1.82, 2.24) is 4.90 Å². The molecular weight excluding hydrogens is 262 g/mol. The molecular formula is C14H17NO3S. The third-order valence-electron chi connectivity index (χ3n) is 3.18. The lowest BCUT2D eigenvalue weighted by Gasteiger charge is -2.20. The minimum atomic E-state index is -0.816. The molecule has 1 aromatic carbocycles. The molecule has 1 heterocycles. The SMILES string of the molecule is CN(CCCC(=O)O)C(=O)C1Cc2ccccc2S1. The van der Waals surface area contributed by atoms with Crippen LogP contribution in [0.25, 0.3) is 0 Å². The molecule has 1 N–H and O–H groups in total. The highest BCUT2D eigenvalue weighted by Crippen LogP contribution is 2.37. The van der Waals surface area contributed by atoms with Crippen LogP contribution in [0, 0.1) is 0 Å². The van der Waals surface area contributed by atoms with Crippen LogP contribution >= 0.6 is 11.8 Å². The minimum Gasteiger partial charge on any atom is -0.481 e. The molecule has 1 atom stereocenters. The van der Waals surface area contributed by atoms with Crippen molar-refractivity contribution in [2.24, 2.45) is 0 Å². The standard InChI is InChI=1S/C14H17NO3S/c1-15(8-4-7-13(16)17)14(18)12-9-10-5-2-3-6-11(10)19-12/h2-3,5-6,12H,4,7-9H2,1H3,(H,16,17). The summed E-state index contributed by atoms with van der Waals surface area (Å²) in [5.74, 6) is -0.727. The average Bonchev–Trinajstić information content (AvgIpc) is 2.80. The van der Waals surface area contributed by atoms with Crippen LogP contribution in [-0.2, 0) is 16.0 Å². The minimum absolute atomic E-state index is 0.0628. The van der Waals surface area contributed by atoms with Gasteiger partial charge in [-0.3, -0.25) is 9.59 Å². The number of rotatable bonds is 5. The number of carboxylic acid groups (broad SMARTS) is 1. The topological polar surface area (TPSA) is 57.6 Å². The highest BCUT2D eigenvalue weighted by Gasteiger charge is 2.29. The number of nitrogens with zero attached hydrogens (tertiary/aromatic N) is 1. The summed E-state index contributed by atoms with van der Waals surface area (Å²) < 4.78 is 0. The van der Waals surface area contributed by atoms with E-state index < -0.39 is 5.97 Å². The molecule has 5 heteroatoms. The van der Waals surface area contributed by atoms with E-state index in [4.69, 9.17) is 5.11 Å². The number of aliphatic carboxylic acids is 1. The fraction of sp³-hybridized carbons (Fsp3) is 0.429. The molecule has 102 valence electrons. The Balaban J connectivity index is 1.86. The number of carbonyl (C=O) groups is 2. The Bertz CT molecular complexity index is 464. The number of hydrogen-bond donors (Lipinski definition) is 1. The van der Waals surface area contributed by atoms with E-state index in [1.807, 2.05) is 18.2 Å². The van der Waals surface area contributed by atoms with Crippen molar-refractivity contribution in [2.75, 3.05) is 13.6 Å². The summed E-state index contributed by atoms with van der Waals surface area (Å²) in [5.41, 5.74) is 1.23. The smallest absolute Gasteiger partial charge is 0.303 e. The molecule has 0 saturated carbocycles. The van der Waals surface area contributed by atoms with Gasteiger partial charge in [0.25, 0.3) is 0 Å². The highest BCUT2D eigenvalue weighted by molar-refractivity contribution is 8.01. The van der Waals surface area contributed by atoms with E-state index in [0.717, 1.165) is 6.42 Å². The van der Waals surface area contributed by atoms with Crippen molar-refractivity contribution in [1.29, 1.82) is 0 Å². The van der Waals surface area contributed by atoms with Gasteiger partial charge in [0.2, 0.25) is 5.91 Å². The van der Waals surface area contributed by atoms with Crippen LogP contribution in [0.3, 0.4) is 0 Å². The molecule has 0 bridgehead atoms. The molecule has 4 nitrogen and oxygen atoms in total. The molecule has 19 heavy (non-hydrogen) atoms. The van der Waals surface area contributed by atoms with Crippen LogP contribution in [-0.4, -0.2) is 40.7 Å². The maximum Gasteiger partial charge on any atom is 0.303 e. The largest absolute Gasteiger partial charge is 0.481 e. The van der Waals surface area contributed by atoms with Gasteiger partial charge < -0.3 is 10.0 Å². The first-order chi connectivity index (χ1) is 9.08. The number of hydrogen-bond acceptors (Lipinski definition) is 3. The fourth-order valence-corrected chi connectivity index (χ4v) is 3.45. The highest BCUT2D eigenvalue weighted by atomic mass is 32.2. The normalized spacial score (nSPS) is 17.0. The molecule has 0 aromatic heterocycles. The predicted octanol–water partition coefficient (Wildman–Crippen LogP) is 2.03. The second kappa shape index (κ2) is 6.10. The summed E-state index contributed by atoms with van der Waals surface area (Å²) in [4.78, 5) is 25.5. The first-order valence-electron chi connectivity index (χ1n) is 6.29. The Morgan fingerprint density at radius 1 is 1.42 bits per heavy atom. The van der Waals surface area contributed by atoms with Gasteiger partial charge in [0.05, 0.1) is 5.25 Å². The van der Waals surface area contributed by atoms with E-state index in [9.17, 15) is 9.59 Å². The lowest BCUT2D eigenvalue weighted by Crippen LogP contribution is -2.35. The Morgan fingerprint density at radius 3 is 2.84 bits per heavy atom. The average molecular weight is 279 g/mol. The molecule has 2 rings (SSSR count). The van der Waals surface area contributed by atoms with E-state index in [1.54, 1.807) is 23.7 Å². The van der Waals surface area contributed by atoms with Crippen molar-refractivity contribution in [2.45, 2.75) is 29.4 Å². The second-order valence-electron chi connectivity index (χ2n) is 4.68. The zero-order chi connectivity index (χ0) is 13.8. The second-order valence-corrected chi connectivity index (χ2v) is 5.92. The summed E-state index contributed by atoms with van der Waals surface area (Å²) in [6.45, 7) is 0.499. The van der Waals surface area contributed by atoms with Gasteiger partial charge in [-0.05, 0) is 24.5 Å². The molecule has 1 aliphatic rings. The predicted molar refractivity (Wildman–Crippen MR) is 74.3 cm³/mol. The van der Waals surface area contributed by atoms with Crippen molar-refractivity contribution in [3.63, 3.8) is 0 Å². The van der Waals surface area contributed by atoms with Gasteiger partial charge >= 0.3 is 5.97 Å². The number of amides is 1. The Morgan fingerprint density at radius 2 is 2.16 bits per heavy atom. The van der Waals surface area contributed by atoms with Crippen LogP contribution in [0.4, 0.5) is 0 Å². The summed E-state index contributed by atoms with van der Waals surface area (Å²) in [6.07, 6.45) is 1.38. The summed E-state index contributed by atoms with van der Waals surface area (Å²) >= 11 is 1.60. The van der Waals surface area contributed by atoms with Gasteiger partial charge in [-0.1, -0.05) is 18.2 Å². The van der Waals surface area contributed by atoms with Crippen LogP contribution in [0.2, 0.25) is 0 Å². The number of carbonyl (C=O) groups excluding carboxylic acids is 1. The van der Waals surface area contributed by atoms with Crippen molar-refractivity contribution in [3.8, 4) is 0 Å². The van der Waals surface area contributed by atoms with Crippen molar-refractivity contribution < 1.29 is 14.7 Å². The fourth-order valence-electron chi connectivity index (χ4n) is 2.14. The molecule has 0 saturated heterocycles. The van der Waals surface area contributed by atoms with Gasteiger partial charge in [0, 0.05) is 24.9 Å². The van der Waals surface area contributed by atoms with E-state index in [-0.39, 0.29) is 17.6 Å². The van der Waals surface area contributed by atoms with Crippen molar-refractivity contribution >= 4 is 23.6 Å². The van der Waals surface area contributed by atoms with E-state index >= 15 is 0 Å². The van der Waals surface area contributed by atoms with Gasteiger partial charge in [0.15, 0.2) is 0 Å². The molecule has 0 aliphatic carbocycles. The quantitative estimate of drug-likeness (QED) is 0.896. The van der Waals surface area contributed by atoms with Crippen molar-refractivity contribution in [3.05, 3.63) is 29.8 Å². The molecule has 0 spiro atoms. The van der Waals surface area contributed by atoms with Gasteiger partial charge in [-0.15, -0.1) is 11.8 Å². The number of thioether (sulfide) groups is 1. The first-order valence-corrected chi connectivity index (χ1v) is 7.17. The Kier molecular flexibility index (Phi) is 4.47. The number of benzene rings is 1. The molecule has 1 amide bonds. The Labute approximate surface area is 116 Å². The molecule has 1 aromatic rings. The van der Waals surface area contributed by atoms with Gasteiger partial charge in [0.1, 0.15) is 0 Å². The zero-order valence-electron chi connectivity index (χ0n) is 10.8. The van der Waals surface area contributed by atoms with E-state index in [2.05, 4.69) is 6.07 Å². The summed E-state index contributed by atoms with van der Waals surface area (Å²) in [5, 5.41) is 8.52. The van der Waals surface area contributed by atoms with Gasteiger partial charge in [-0.2, -0.15) is 0 Å². The van der Waals surface area contributed by atoms with Gasteiger partial charge in [-0.25, -0.2) is 0 Å². The number of fused-ring (bicyclic) bond motifs is 1. The van der Waals surface area contributed by atoms with E-state index in [0.29, 0.717) is 13.0 Å². The third kappa shape index (κ3) is 3.50. The monoisotopic (exact) mass is 279 g/mol. The van der Waals surface area contributed by atoms with Crippen LogP contribution < -0.4 is 0 Å². The Hall–Kier alpha value is -1.49. The summed E-state index contributed by atoms with van der Waals surface area (Å²) in [6, 6.07) is 8.07.